The summed E-state index contributed by atoms with van der Waals surface area (Å²) in [6.45, 7) is 6.22. The molecule has 1 atom stereocenters. The third-order valence-electron chi connectivity index (χ3n) is 2.92. The number of hydrogen-bond acceptors (Lipinski definition) is 1. The molecule has 1 aromatic carbocycles. The van der Waals surface area contributed by atoms with Crippen LogP contribution in [0.1, 0.15) is 48.8 Å². The van der Waals surface area contributed by atoms with E-state index in [0.29, 0.717) is 0 Å². The number of rotatable bonds is 5. The maximum absolute atomic E-state index is 10.8. The van der Waals surface area contributed by atoms with Crippen molar-refractivity contribution < 1.29 is 9.90 Å². The average molecular weight is 220 g/mol. The molecule has 2 nitrogen and oxygen atoms in total. The van der Waals surface area contributed by atoms with E-state index >= 15 is 0 Å². The molecule has 16 heavy (non-hydrogen) atoms. The minimum atomic E-state index is -0.710. The van der Waals surface area contributed by atoms with Gasteiger partial charge in [0.2, 0.25) is 0 Å². The van der Waals surface area contributed by atoms with Gasteiger partial charge >= 0.3 is 5.97 Å². The van der Waals surface area contributed by atoms with Crippen LogP contribution in [0, 0.1) is 13.8 Å². The summed E-state index contributed by atoms with van der Waals surface area (Å²) in [6.07, 6.45) is 2.19. The highest BCUT2D eigenvalue weighted by Gasteiger charge is 2.16. The van der Waals surface area contributed by atoms with Crippen LogP contribution in [-0.2, 0) is 4.79 Å². The molecule has 1 unspecified atom stereocenters. The predicted molar refractivity (Wildman–Crippen MR) is 65.8 cm³/mol. The molecule has 0 radical (unpaired) electrons. The SMILES string of the molecule is CCCC(CC(=O)O)c1ccc(C)cc1C. The van der Waals surface area contributed by atoms with Crippen molar-refractivity contribution in [2.75, 3.05) is 0 Å². The molecule has 2 heteroatoms. The number of carboxylic acid groups (broad SMARTS) is 1. The molecule has 0 saturated carbocycles. The van der Waals surface area contributed by atoms with Gasteiger partial charge in [0.1, 0.15) is 0 Å². The van der Waals surface area contributed by atoms with E-state index in [9.17, 15) is 4.79 Å². The fourth-order valence-electron chi connectivity index (χ4n) is 2.21. The van der Waals surface area contributed by atoms with Crippen molar-refractivity contribution in [1.82, 2.24) is 0 Å². The first-order chi connectivity index (χ1) is 7.54. The van der Waals surface area contributed by atoms with Crippen LogP contribution in [0.2, 0.25) is 0 Å². The summed E-state index contributed by atoms with van der Waals surface area (Å²) in [6, 6.07) is 6.26. The fraction of sp³-hybridized carbons (Fsp3) is 0.500. The molecule has 0 aromatic heterocycles. The van der Waals surface area contributed by atoms with Crippen molar-refractivity contribution in [2.24, 2.45) is 0 Å². The lowest BCUT2D eigenvalue weighted by Gasteiger charge is -2.17. The summed E-state index contributed by atoms with van der Waals surface area (Å²) in [5.41, 5.74) is 3.63. The quantitative estimate of drug-likeness (QED) is 0.822. The predicted octanol–water partition coefficient (Wildman–Crippen LogP) is 3.66. The Hall–Kier alpha value is -1.31. The molecule has 0 aliphatic carbocycles. The minimum absolute atomic E-state index is 0.156. The molecule has 0 saturated heterocycles. The Morgan fingerprint density at radius 2 is 2.06 bits per heavy atom. The first-order valence-corrected chi connectivity index (χ1v) is 5.83. The van der Waals surface area contributed by atoms with Gasteiger partial charge in [0.05, 0.1) is 6.42 Å². The Morgan fingerprint density at radius 3 is 2.56 bits per heavy atom. The van der Waals surface area contributed by atoms with Crippen LogP contribution in [0.5, 0.6) is 0 Å². The summed E-state index contributed by atoms with van der Waals surface area (Å²) < 4.78 is 0. The lowest BCUT2D eigenvalue weighted by atomic mass is 9.88. The van der Waals surface area contributed by atoms with Gasteiger partial charge in [-0.3, -0.25) is 4.79 Å². The molecule has 0 spiro atoms. The second-order valence-corrected chi connectivity index (χ2v) is 4.44. The van der Waals surface area contributed by atoms with Crippen molar-refractivity contribution in [3.63, 3.8) is 0 Å². The standard InChI is InChI=1S/C14H20O2/c1-4-5-12(9-14(15)16)13-7-6-10(2)8-11(13)3/h6-8,12H,4-5,9H2,1-3H3,(H,15,16). The van der Waals surface area contributed by atoms with Gasteiger partial charge in [0.25, 0.3) is 0 Å². The highest BCUT2D eigenvalue weighted by Crippen LogP contribution is 2.28. The molecule has 0 bridgehead atoms. The van der Waals surface area contributed by atoms with E-state index in [1.54, 1.807) is 0 Å². The summed E-state index contributed by atoms with van der Waals surface area (Å²) in [4.78, 5) is 10.8. The van der Waals surface area contributed by atoms with E-state index in [1.807, 2.05) is 0 Å². The van der Waals surface area contributed by atoms with Gasteiger partial charge in [-0.2, -0.15) is 0 Å². The topological polar surface area (TPSA) is 37.3 Å². The zero-order chi connectivity index (χ0) is 12.1. The van der Waals surface area contributed by atoms with Gasteiger partial charge in [0.15, 0.2) is 0 Å². The number of carboxylic acids is 1. The van der Waals surface area contributed by atoms with E-state index in [-0.39, 0.29) is 12.3 Å². The third kappa shape index (κ3) is 3.37. The number of aryl methyl sites for hydroxylation is 2. The Bertz CT molecular complexity index is 369. The molecule has 0 aliphatic heterocycles. The van der Waals surface area contributed by atoms with E-state index in [4.69, 9.17) is 5.11 Å². The van der Waals surface area contributed by atoms with Crippen molar-refractivity contribution in [3.05, 3.63) is 34.9 Å². The molecule has 0 aliphatic rings. The minimum Gasteiger partial charge on any atom is -0.481 e. The molecule has 1 aromatic rings. The molecular formula is C14H20O2. The van der Waals surface area contributed by atoms with Gasteiger partial charge in [-0.1, -0.05) is 37.1 Å². The van der Waals surface area contributed by atoms with Crippen LogP contribution in [0.4, 0.5) is 0 Å². The van der Waals surface area contributed by atoms with Crippen molar-refractivity contribution >= 4 is 5.97 Å². The van der Waals surface area contributed by atoms with Crippen LogP contribution in [-0.4, -0.2) is 11.1 Å². The molecule has 0 fully saturated rings. The van der Waals surface area contributed by atoms with Crippen LogP contribution >= 0.6 is 0 Å². The van der Waals surface area contributed by atoms with Gasteiger partial charge in [-0.05, 0) is 37.3 Å². The second kappa shape index (κ2) is 5.69. The van der Waals surface area contributed by atoms with Crippen LogP contribution in [0.25, 0.3) is 0 Å². The highest BCUT2D eigenvalue weighted by atomic mass is 16.4. The third-order valence-corrected chi connectivity index (χ3v) is 2.92. The molecule has 0 amide bonds. The van der Waals surface area contributed by atoms with E-state index in [0.717, 1.165) is 12.8 Å². The number of hydrogen-bond donors (Lipinski definition) is 1. The largest absolute Gasteiger partial charge is 0.481 e. The first kappa shape index (κ1) is 12.8. The van der Waals surface area contributed by atoms with Crippen LogP contribution < -0.4 is 0 Å². The van der Waals surface area contributed by atoms with Crippen LogP contribution in [0.15, 0.2) is 18.2 Å². The molecule has 0 heterocycles. The summed E-state index contributed by atoms with van der Waals surface area (Å²) in [7, 11) is 0. The van der Waals surface area contributed by atoms with Gasteiger partial charge in [-0.15, -0.1) is 0 Å². The van der Waals surface area contributed by atoms with E-state index in [2.05, 4.69) is 39.0 Å². The zero-order valence-corrected chi connectivity index (χ0v) is 10.3. The lowest BCUT2D eigenvalue weighted by molar-refractivity contribution is -0.137. The number of benzene rings is 1. The summed E-state index contributed by atoms with van der Waals surface area (Å²) in [5, 5.41) is 8.92. The maximum Gasteiger partial charge on any atom is 0.303 e. The second-order valence-electron chi connectivity index (χ2n) is 4.44. The van der Waals surface area contributed by atoms with Gasteiger partial charge in [-0.25, -0.2) is 0 Å². The smallest absolute Gasteiger partial charge is 0.303 e. The lowest BCUT2D eigenvalue weighted by Crippen LogP contribution is -2.07. The Labute approximate surface area is 97.3 Å². The van der Waals surface area contributed by atoms with Gasteiger partial charge < -0.3 is 5.11 Å². The Morgan fingerprint density at radius 1 is 1.38 bits per heavy atom. The molecule has 1 rings (SSSR count). The summed E-state index contributed by atoms with van der Waals surface area (Å²) in [5.74, 6) is -0.554. The van der Waals surface area contributed by atoms with Gasteiger partial charge in [0, 0.05) is 0 Å². The molecular weight excluding hydrogens is 200 g/mol. The monoisotopic (exact) mass is 220 g/mol. The number of aliphatic carboxylic acids is 1. The van der Waals surface area contributed by atoms with Crippen LogP contribution in [0.3, 0.4) is 0 Å². The average Bonchev–Trinajstić information content (AvgIpc) is 2.16. The molecule has 1 N–H and O–H groups in total. The van der Waals surface area contributed by atoms with E-state index in [1.165, 1.54) is 16.7 Å². The van der Waals surface area contributed by atoms with Crippen molar-refractivity contribution in [2.45, 2.75) is 46.0 Å². The highest BCUT2D eigenvalue weighted by molar-refractivity contribution is 5.68. The summed E-state index contributed by atoms with van der Waals surface area (Å²) >= 11 is 0. The number of carbonyl (C=O) groups is 1. The fourth-order valence-corrected chi connectivity index (χ4v) is 2.21. The van der Waals surface area contributed by atoms with Crippen molar-refractivity contribution in [1.29, 1.82) is 0 Å². The zero-order valence-electron chi connectivity index (χ0n) is 10.3. The molecule has 88 valence electrons. The normalized spacial score (nSPS) is 12.4. The maximum atomic E-state index is 10.8. The Kier molecular flexibility index (Phi) is 4.53. The Balaban J connectivity index is 2.95. The first-order valence-electron chi connectivity index (χ1n) is 5.83. The van der Waals surface area contributed by atoms with Crippen molar-refractivity contribution in [3.8, 4) is 0 Å². The van der Waals surface area contributed by atoms with E-state index < -0.39 is 5.97 Å².